The van der Waals surface area contributed by atoms with Gasteiger partial charge in [-0.1, -0.05) is 0 Å². The van der Waals surface area contributed by atoms with E-state index < -0.39 is 6.16 Å². The van der Waals surface area contributed by atoms with Crippen LogP contribution < -0.4 is 0 Å². The van der Waals surface area contributed by atoms with Crippen molar-refractivity contribution in [1.82, 2.24) is 0 Å². The van der Waals surface area contributed by atoms with Gasteiger partial charge in [-0.15, -0.1) is 0 Å². The van der Waals surface area contributed by atoms with Crippen LogP contribution in [0.4, 0.5) is 4.79 Å². The van der Waals surface area contributed by atoms with Gasteiger partial charge in [0.15, 0.2) is 0 Å². The zero-order valence-electron chi connectivity index (χ0n) is 6.86. The maximum absolute atomic E-state index is 10.9. The normalized spacial score (nSPS) is 49.8. The predicted molar refractivity (Wildman–Crippen MR) is 40.6 cm³/mol. The van der Waals surface area contributed by atoms with Gasteiger partial charge in [0.1, 0.15) is 12.2 Å². The minimum absolute atomic E-state index is 0.102. The Kier molecular flexibility index (Phi) is 1.21. The largest absolute Gasteiger partial charge is 0.509 e. The number of hydrogen-bond acceptors (Lipinski definition) is 3. The topological polar surface area (TPSA) is 35.5 Å². The monoisotopic (exact) mass is 168 g/mol. The van der Waals surface area contributed by atoms with E-state index >= 15 is 0 Å². The molecule has 1 saturated heterocycles. The smallest absolute Gasteiger partial charge is 0.427 e. The molecule has 2 bridgehead atoms. The summed E-state index contributed by atoms with van der Waals surface area (Å²) in [5.74, 6) is 1.18. The third kappa shape index (κ3) is 0.740. The number of hydrogen-bond donors (Lipinski definition) is 0. The summed E-state index contributed by atoms with van der Waals surface area (Å²) in [6.45, 7) is 0. The molecule has 12 heavy (non-hydrogen) atoms. The molecule has 0 unspecified atom stereocenters. The fourth-order valence-electron chi connectivity index (χ4n) is 2.92. The summed E-state index contributed by atoms with van der Waals surface area (Å²) in [6, 6.07) is 0. The molecule has 2 atom stereocenters. The SMILES string of the molecule is O=C1O[C@@H]2C3CCC(CC3)[C@@H]2O1. The Morgan fingerprint density at radius 2 is 1.33 bits per heavy atom. The van der Waals surface area contributed by atoms with Gasteiger partial charge in [-0.25, -0.2) is 4.79 Å². The van der Waals surface area contributed by atoms with Gasteiger partial charge in [0, 0.05) is 0 Å². The average molecular weight is 168 g/mol. The van der Waals surface area contributed by atoms with E-state index in [1.54, 1.807) is 0 Å². The Balaban J connectivity index is 1.90. The fourth-order valence-corrected chi connectivity index (χ4v) is 2.92. The van der Waals surface area contributed by atoms with Crippen LogP contribution in [-0.4, -0.2) is 18.4 Å². The molecule has 3 heteroatoms. The molecule has 3 aliphatic carbocycles. The Morgan fingerprint density at radius 3 is 1.75 bits per heavy atom. The third-order valence-electron chi connectivity index (χ3n) is 3.53. The van der Waals surface area contributed by atoms with E-state index in [4.69, 9.17) is 9.47 Å². The lowest BCUT2D eigenvalue weighted by atomic mass is 9.67. The first-order valence-electron chi connectivity index (χ1n) is 4.72. The van der Waals surface area contributed by atoms with Gasteiger partial charge in [0.05, 0.1) is 0 Å². The van der Waals surface area contributed by atoms with Crippen molar-refractivity contribution in [2.24, 2.45) is 11.8 Å². The van der Waals surface area contributed by atoms with Crippen LogP contribution in [0.3, 0.4) is 0 Å². The Labute approximate surface area is 71.0 Å². The van der Waals surface area contributed by atoms with Crippen molar-refractivity contribution in [2.45, 2.75) is 37.9 Å². The van der Waals surface area contributed by atoms with Crippen LogP contribution in [0.1, 0.15) is 25.7 Å². The first-order chi connectivity index (χ1) is 5.84. The van der Waals surface area contributed by atoms with Crippen LogP contribution in [0.2, 0.25) is 0 Å². The van der Waals surface area contributed by atoms with Gasteiger partial charge in [-0.05, 0) is 37.5 Å². The second kappa shape index (κ2) is 2.15. The molecular weight excluding hydrogens is 156 g/mol. The molecule has 0 N–H and O–H groups in total. The van der Waals surface area contributed by atoms with Crippen LogP contribution in [0, 0.1) is 11.8 Å². The maximum Gasteiger partial charge on any atom is 0.509 e. The van der Waals surface area contributed by atoms with E-state index in [2.05, 4.69) is 0 Å². The van der Waals surface area contributed by atoms with E-state index in [9.17, 15) is 4.79 Å². The number of rotatable bonds is 0. The molecule has 0 aromatic heterocycles. The van der Waals surface area contributed by atoms with E-state index in [1.807, 2.05) is 0 Å². The minimum Gasteiger partial charge on any atom is -0.427 e. The van der Waals surface area contributed by atoms with E-state index in [0.717, 1.165) is 0 Å². The van der Waals surface area contributed by atoms with Gasteiger partial charge in [-0.2, -0.15) is 0 Å². The number of ether oxygens (including phenoxy) is 2. The van der Waals surface area contributed by atoms with Crippen LogP contribution >= 0.6 is 0 Å². The minimum atomic E-state index is -0.441. The molecule has 3 saturated carbocycles. The lowest BCUT2D eigenvalue weighted by Crippen LogP contribution is -2.45. The average Bonchev–Trinajstić information content (AvgIpc) is 2.49. The highest BCUT2D eigenvalue weighted by molar-refractivity contribution is 5.62. The van der Waals surface area contributed by atoms with Crippen molar-refractivity contribution >= 4 is 6.16 Å². The zero-order valence-corrected chi connectivity index (χ0v) is 6.86. The molecule has 4 aliphatic rings. The Morgan fingerprint density at radius 1 is 0.917 bits per heavy atom. The molecule has 4 fully saturated rings. The maximum atomic E-state index is 10.9. The van der Waals surface area contributed by atoms with Crippen molar-refractivity contribution in [3.05, 3.63) is 0 Å². The van der Waals surface area contributed by atoms with E-state index in [1.165, 1.54) is 25.7 Å². The van der Waals surface area contributed by atoms with Gasteiger partial charge < -0.3 is 9.47 Å². The summed E-state index contributed by atoms with van der Waals surface area (Å²) in [4.78, 5) is 10.9. The highest BCUT2D eigenvalue weighted by atomic mass is 16.8. The summed E-state index contributed by atoms with van der Waals surface area (Å²) in [7, 11) is 0. The molecule has 4 rings (SSSR count). The first kappa shape index (κ1) is 6.75. The molecule has 66 valence electrons. The van der Waals surface area contributed by atoms with E-state index in [0.29, 0.717) is 11.8 Å². The second-order valence-electron chi connectivity index (χ2n) is 4.09. The van der Waals surface area contributed by atoms with Gasteiger partial charge in [0.2, 0.25) is 0 Å². The first-order valence-corrected chi connectivity index (χ1v) is 4.72. The third-order valence-corrected chi connectivity index (χ3v) is 3.53. The molecule has 1 heterocycles. The van der Waals surface area contributed by atoms with Crippen LogP contribution in [0.5, 0.6) is 0 Å². The fraction of sp³-hybridized carbons (Fsp3) is 0.889. The molecule has 1 aliphatic heterocycles. The Bertz CT molecular complexity index is 196. The highest BCUT2D eigenvalue weighted by Gasteiger charge is 2.52. The van der Waals surface area contributed by atoms with Crippen LogP contribution in [0.25, 0.3) is 0 Å². The van der Waals surface area contributed by atoms with Crippen molar-refractivity contribution < 1.29 is 14.3 Å². The molecule has 0 aromatic rings. The molecule has 0 radical (unpaired) electrons. The quantitative estimate of drug-likeness (QED) is 0.516. The van der Waals surface area contributed by atoms with Crippen molar-refractivity contribution in [3.63, 3.8) is 0 Å². The van der Waals surface area contributed by atoms with E-state index in [-0.39, 0.29) is 12.2 Å². The highest BCUT2D eigenvalue weighted by Crippen LogP contribution is 2.46. The lowest BCUT2D eigenvalue weighted by Gasteiger charge is -2.41. The van der Waals surface area contributed by atoms with Gasteiger partial charge in [0.25, 0.3) is 0 Å². The zero-order chi connectivity index (χ0) is 8.13. The standard InChI is InChI=1S/C9H12O3/c10-9-11-7-5-1-2-6(4-3-5)8(7)12-9/h5-8H,1-4H2/t5?,6?,7-,8+. The molecule has 0 aromatic carbocycles. The molecule has 0 amide bonds. The predicted octanol–water partition coefficient (Wildman–Crippen LogP) is 1.71. The van der Waals surface area contributed by atoms with Crippen molar-refractivity contribution in [2.75, 3.05) is 0 Å². The van der Waals surface area contributed by atoms with Crippen molar-refractivity contribution in [1.29, 1.82) is 0 Å². The molecule has 0 spiro atoms. The molecular formula is C9H12O3. The van der Waals surface area contributed by atoms with Gasteiger partial charge >= 0.3 is 6.16 Å². The number of carbonyl (C=O) groups excluding carboxylic acids is 1. The summed E-state index contributed by atoms with van der Waals surface area (Å²) < 4.78 is 10.3. The Hall–Kier alpha value is -0.730. The summed E-state index contributed by atoms with van der Waals surface area (Å²) in [5.41, 5.74) is 0. The summed E-state index contributed by atoms with van der Waals surface area (Å²) in [6.07, 6.45) is 4.66. The summed E-state index contributed by atoms with van der Waals surface area (Å²) >= 11 is 0. The van der Waals surface area contributed by atoms with Crippen LogP contribution in [-0.2, 0) is 9.47 Å². The molecule has 3 nitrogen and oxygen atoms in total. The lowest BCUT2D eigenvalue weighted by molar-refractivity contribution is -0.0285. The van der Waals surface area contributed by atoms with Crippen molar-refractivity contribution in [3.8, 4) is 0 Å². The number of fused-ring (bicyclic) bond motifs is 2. The second-order valence-corrected chi connectivity index (χ2v) is 4.09. The van der Waals surface area contributed by atoms with Gasteiger partial charge in [-0.3, -0.25) is 0 Å². The summed E-state index contributed by atoms with van der Waals surface area (Å²) in [5, 5.41) is 0. The number of carbonyl (C=O) groups is 1. The van der Waals surface area contributed by atoms with Crippen LogP contribution in [0.15, 0.2) is 0 Å².